The SMILES string of the molecule is COc1ccc2c(c1)C[C@H]1CCCC(C)(C)[C@@H]1C2. The van der Waals surface area contributed by atoms with E-state index in [2.05, 4.69) is 32.0 Å². The molecule has 0 unspecified atom stereocenters. The molecule has 0 N–H and O–H groups in total. The molecule has 0 heterocycles. The highest BCUT2D eigenvalue weighted by molar-refractivity contribution is 5.38. The molecule has 1 aromatic carbocycles. The van der Waals surface area contributed by atoms with Crippen LogP contribution < -0.4 is 4.74 Å². The summed E-state index contributed by atoms with van der Waals surface area (Å²) in [6, 6.07) is 6.66. The number of rotatable bonds is 1. The van der Waals surface area contributed by atoms with Gasteiger partial charge in [-0.3, -0.25) is 0 Å². The maximum absolute atomic E-state index is 5.36. The number of benzene rings is 1. The van der Waals surface area contributed by atoms with Gasteiger partial charge >= 0.3 is 0 Å². The van der Waals surface area contributed by atoms with Crippen molar-refractivity contribution in [1.82, 2.24) is 0 Å². The first kappa shape index (κ1) is 12.1. The Kier molecular flexibility index (Phi) is 2.88. The molecule has 1 heteroatoms. The molecule has 0 bridgehead atoms. The first-order valence-corrected chi connectivity index (χ1v) is 7.26. The van der Waals surface area contributed by atoms with Crippen LogP contribution in [0.4, 0.5) is 0 Å². The van der Waals surface area contributed by atoms with Crippen LogP contribution in [-0.2, 0) is 12.8 Å². The molecule has 1 nitrogen and oxygen atoms in total. The third-order valence-corrected chi connectivity index (χ3v) is 5.30. The first-order valence-electron chi connectivity index (χ1n) is 7.26. The monoisotopic (exact) mass is 244 g/mol. The summed E-state index contributed by atoms with van der Waals surface area (Å²) in [7, 11) is 1.76. The zero-order valence-electron chi connectivity index (χ0n) is 11.8. The summed E-state index contributed by atoms with van der Waals surface area (Å²) in [6.45, 7) is 4.94. The largest absolute Gasteiger partial charge is 0.497 e. The van der Waals surface area contributed by atoms with Gasteiger partial charge in [-0.1, -0.05) is 26.3 Å². The van der Waals surface area contributed by atoms with Gasteiger partial charge in [0.25, 0.3) is 0 Å². The van der Waals surface area contributed by atoms with Crippen LogP contribution in [0, 0.1) is 17.3 Å². The summed E-state index contributed by atoms with van der Waals surface area (Å²) in [5.41, 5.74) is 3.63. The van der Waals surface area contributed by atoms with Crippen molar-refractivity contribution in [3.8, 4) is 5.75 Å². The van der Waals surface area contributed by atoms with Crippen LogP contribution in [0.3, 0.4) is 0 Å². The second kappa shape index (κ2) is 4.29. The number of hydrogen-bond donors (Lipinski definition) is 0. The molecule has 0 spiro atoms. The van der Waals surface area contributed by atoms with Crippen molar-refractivity contribution >= 4 is 0 Å². The summed E-state index contributed by atoms with van der Waals surface area (Å²) < 4.78 is 5.36. The van der Waals surface area contributed by atoms with Gasteiger partial charge in [-0.25, -0.2) is 0 Å². The van der Waals surface area contributed by atoms with E-state index in [0.29, 0.717) is 5.41 Å². The average Bonchev–Trinajstić information content (AvgIpc) is 2.36. The molecule has 1 saturated carbocycles. The highest BCUT2D eigenvalue weighted by Gasteiger charge is 2.41. The molecule has 0 aliphatic heterocycles. The Morgan fingerprint density at radius 2 is 2.00 bits per heavy atom. The highest BCUT2D eigenvalue weighted by atomic mass is 16.5. The van der Waals surface area contributed by atoms with Crippen molar-refractivity contribution in [2.45, 2.75) is 46.0 Å². The molecule has 0 radical (unpaired) electrons. The van der Waals surface area contributed by atoms with Crippen LogP contribution in [0.25, 0.3) is 0 Å². The molecule has 2 aliphatic rings. The van der Waals surface area contributed by atoms with E-state index in [1.165, 1.54) is 37.7 Å². The molecule has 0 amide bonds. The minimum Gasteiger partial charge on any atom is -0.497 e. The maximum atomic E-state index is 5.36. The summed E-state index contributed by atoms with van der Waals surface area (Å²) in [6.07, 6.45) is 6.77. The molecule has 18 heavy (non-hydrogen) atoms. The van der Waals surface area contributed by atoms with Gasteiger partial charge in [0.2, 0.25) is 0 Å². The molecule has 2 aliphatic carbocycles. The second-order valence-corrected chi connectivity index (χ2v) is 6.79. The Hall–Kier alpha value is -0.980. The summed E-state index contributed by atoms with van der Waals surface area (Å²) >= 11 is 0. The number of hydrogen-bond acceptors (Lipinski definition) is 1. The van der Waals surface area contributed by atoms with E-state index in [9.17, 15) is 0 Å². The van der Waals surface area contributed by atoms with Gasteiger partial charge in [-0.2, -0.15) is 0 Å². The average molecular weight is 244 g/mol. The molecule has 0 aromatic heterocycles. The van der Waals surface area contributed by atoms with Gasteiger partial charge in [0.15, 0.2) is 0 Å². The van der Waals surface area contributed by atoms with Crippen molar-refractivity contribution in [3.63, 3.8) is 0 Å². The summed E-state index contributed by atoms with van der Waals surface area (Å²) in [5.74, 6) is 2.79. The first-order chi connectivity index (χ1) is 8.60. The summed E-state index contributed by atoms with van der Waals surface area (Å²) in [5, 5.41) is 0. The lowest BCUT2D eigenvalue weighted by Gasteiger charge is -2.47. The van der Waals surface area contributed by atoms with Crippen molar-refractivity contribution in [2.24, 2.45) is 17.3 Å². The normalized spacial score (nSPS) is 29.3. The van der Waals surface area contributed by atoms with E-state index < -0.39 is 0 Å². The van der Waals surface area contributed by atoms with Crippen molar-refractivity contribution in [3.05, 3.63) is 29.3 Å². The molecule has 1 fully saturated rings. The highest BCUT2D eigenvalue weighted by Crippen LogP contribution is 2.49. The number of fused-ring (bicyclic) bond motifs is 2. The quantitative estimate of drug-likeness (QED) is 0.718. The Labute approximate surface area is 111 Å². The second-order valence-electron chi connectivity index (χ2n) is 6.79. The van der Waals surface area contributed by atoms with Gasteiger partial charge in [0.1, 0.15) is 5.75 Å². The molecule has 2 atom stereocenters. The van der Waals surface area contributed by atoms with Crippen LogP contribution in [0.5, 0.6) is 5.75 Å². The number of ether oxygens (including phenoxy) is 1. The number of methoxy groups -OCH3 is 1. The Bertz CT molecular complexity index is 447. The predicted molar refractivity (Wildman–Crippen MR) is 75.0 cm³/mol. The molecular formula is C17H24O. The Morgan fingerprint density at radius 1 is 1.17 bits per heavy atom. The van der Waals surface area contributed by atoms with Crippen molar-refractivity contribution in [1.29, 1.82) is 0 Å². The van der Waals surface area contributed by atoms with E-state index in [1.807, 2.05) is 0 Å². The third-order valence-electron chi connectivity index (χ3n) is 5.30. The van der Waals surface area contributed by atoms with E-state index in [-0.39, 0.29) is 0 Å². The maximum Gasteiger partial charge on any atom is 0.119 e. The van der Waals surface area contributed by atoms with Crippen LogP contribution in [0.2, 0.25) is 0 Å². The zero-order valence-corrected chi connectivity index (χ0v) is 11.8. The minimum absolute atomic E-state index is 0.528. The zero-order chi connectivity index (χ0) is 12.8. The summed E-state index contributed by atoms with van der Waals surface area (Å²) in [4.78, 5) is 0. The van der Waals surface area contributed by atoms with E-state index >= 15 is 0 Å². The lowest BCUT2D eigenvalue weighted by atomic mass is 9.58. The smallest absolute Gasteiger partial charge is 0.119 e. The minimum atomic E-state index is 0.528. The lowest BCUT2D eigenvalue weighted by molar-refractivity contribution is 0.0669. The topological polar surface area (TPSA) is 9.23 Å². The van der Waals surface area contributed by atoms with Crippen LogP contribution >= 0.6 is 0 Å². The van der Waals surface area contributed by atoms with Crippen LogP contribution in [-0.4, -0.2) is 7.11 Å². The Balaban J connectivity index is 1.93. The molecule has 98 valence electrons. The fourth-order valence-electron chi connectivity index (χ4n) is 4.17. The van der Waals surface area contributed by atoms with E-state index in [0.717, 1.165) is 17.6 Å². The fraction of sp³-hybridized carbons (Fsp3) is 0.647. The molecular weight excluding hydrogens is 220 g/mol. The lowest BCUT2D eigenvalue weighted by Crippen LogP contribution is -2.39. The molecule has 1 aromatic rings. The van der Waals surface area contributed by atoms with Crippen LogP contribution in [0.1, 0.15) is 44.2 Å². The van der Waals surface area contributed by atoms with Gasteiger partial charge in [-0.15, -0.1) is 0 Å². The van der Waals surface area contributed by atoms with Gasteiger partial charge < -0.3 is 4.74 Å². The van der Waals surface area contributed by atoms with Gasteiger partial charge in [0.05, 0.1) is 7.11 Å². The standard InChI is InChI=1S/C17H24O/c1-17(2)8-4-5-13-9-14-10-15(18-3)7-6-12(14)11-16(13)17/h6-7,10,13,16H,4-5,8-9,11H2,1-3H3/t13-,16-/m1/s1. The van der Waals surface area contributed by atoms with Gasteiger partial charge in [0, 0.05) is 0 Å². The van der Waals surface area contributed by atoms with Crippen molar-refractivity contribution in [2.75, 3.05) is 7.11 Å². The fourth-order valence-corrected chi connectivity index (χ4v) is 4.17. The van der Waals surface area contributed by atoms with E-state index in [4.69, 9.17) is 4.74 Å². The molecule has 0 saturated heterocycles. The molecule has 3 rings (SSSR count). The predicted octanol–water partition coefficient (Wildman–Crippen LogP) is 4.24. The Morgan fingerprint density at radius 3 is 2.78 bits per heavy atom. The van der Waals surface area contributed by atoms with Gasteiger partial charge in [-0.05, 0) is 66.2 Å². The third kappa shape index (κ3) is 1.94. The van der Waals surface area contributed by atoms with E-state index in [1.54, 1.807) is 12.7 Å². The van der Waals surface area contributed by atoms with Crippen molar-refractivity contribution < 1.29 is 4.74 Å². The van der Waals surface area contributed by atoms with Crippen LogP contribution in [0.15, 0.2) is 18.2 Å².